The fraction of sp³-hybridized carbons (Fsp3) is 0.0526. The van der Waals surface area contributed by atoms with E-state index in [1.807, 2.05) is 37.3 Å². The van der Waals surface area contributed by atoms with Crippen LogP contribution in [-0.4, -0.2) is 21.3 Å². The Balaban J connectivity index is 1.52. The highest BCUT2D eigenvalue weighted by Gasteiger charge is 2.15. The molecule has 0 unspecified atom stereocenters. The van der Waals surface area contributed by atoms with E-state index in [1.165, 1.54) is 6.39 Å². The van der Waals surface area contributed by atoms with E-state index in [1.54, 1.807) is 24.3 Å². The van der Waals surface area contributed by atoms with Crippen LogP contribution in [0.3, 0.4) is 0 Å². The van der Waals surface area contributed by atoms with E-state index in [2.05, 4.69) is 20.7 Å². The number of carbonyl (C=O) groups is 1. The molecule has 7 nitrogen and oxygen atoms in total. The average Bonchev–Trinajstić information content (AvgIpc) is 3.35. The van der Waals surface area contributed by atoms with Gasteiger partial charge in [-0.3, -0.25) is 4.79 Å². The number of hydrogen-bond acceptors (Lipinski definition) is 6. The van der Waals surface area contributed by atoms with Crippen LogP contribution in [0.4, 0.5) is 5.69 Å². The van der Waals surface area contributed by atoms with Crippen LogP contribution in [0.25, 0.3) is 22.7 Å². The van der Waals surface area contributed by atoms with E-state index in [-0.39, 0.29) is 5.76 Å². The monoisotopic (exact) mass is 346 g/mol. The summed E-state index contributed by atoms with van der Waals surface area (Å²) in [5.41, 5.74) is 3.93. The quantitative estimate of drug-likeness (QED) is 0.601. The minimum atomic E-state index is -0.390. The Labute approximate surface area is 148 Å². The Morgan fingerprint density at radius 3 is 2.65 bits per heavy atom. The molecular formula is C19H14N4O3. The standard InChI is InChI=1S/C19H14N4O3/c1-12-5-7-13(8-6-12)16-10-17(26-23-16)18(24)21-15-4-2-3-14(9-15)19-22-20-11-25-19/h2-11H,1H3,(H,21,24). The molecule has 1 amide bonds. The number of nitrogens with one attached hydrogen (secondary N) is 1. The van der Waals surface area contributed by atoms with Crippen LogP contribution in [0.15, 0.2) is 69.9 Å². The van der Waals surface area contributed by atoms with Crippen molar-refractivity contribution in [3.63, 3.8) is 0 Å². The summed E-state index contributed by atoms with van der Waals surface area (Å²) in [7, 11) is 0. The van der Waals surface area contributed by atoms with Crippen LogP contribution in [0.2, 0.25) is 0 Å². The summed E-state index contributed by atoms with van der Waals surface area (Å²) >= 11 is 0. The predicted molar refractivity (Wildman–Crippen MR) is 94.4 cm³/mol. The Morgan fingerprint density at radius 2 is 1.88 bits per heavy atom. The van der Waals surface area contributed by atoms with Crippen molar-refractivity contribution in [3.8, 4) is 22.7 Å². The van der Waals surface area contributed by atoms with Gasteiger partial charge in [0, 0.05) is 22.9 Å². The van der Waals surface area contributed by atoms with Crippen molar-refractivity contribution in [1.82, 2.24) is 15.4 Å². The van der Waals surface area contributed by atoms with E-state index >= 15 is 0 Å². The lowest BCUT2D eigenvalue weighted by Crippen LogP contribution is -2.10. The summed E-state index contributed by atoms with van der Waals surface area (Å²) in [5, 5.41) is 14.2. The van der Waals surface area contributed by atoms with Gasteiger partial charge in [0.05, 0.1) is 0 Å². The Kier molecular flexibility index (Phi) is 4.03. The van der Waals surface area contributed by atoms with Crippen molar-refractivity contribution < 1.29 is 13.7 Å². The topological polar surface area (TPSA) is 94.1 Å². The van der Waals surface area contributed by atoms with Crippen LogP contribution in [0.5, 0.6) is 0 Å². The molecule has 0 bridgehead atoms. The number of amides is 1. The molecule has 26 heavy (non-hydrogen) atoms. The maximum Gasteiger partial charge on any atom is 0.294 e. The highest BCUT2D eigenvalue weighted by molar-refractivity contribution is 6.03. The van der Waals surface area contributed by atoms with Gasteiger partial charge in [0.1, 0.15) is 5.69 Å². The van der Waals surface area contributed by atoms with Crippen LogP contribution >= 0.6 is 0 Å². The zero-order chi connectivity index (χ0) is 17.9. The van der Waals surface area contributed by atoms with Gasteiger partial charge in [-0.2, -0.15) is 0 Å². The second-order valence-corrected chi connectivity index (χ2v) is 5.72. The lowest BCUT2D eigenvalue weighted by Gasteiger charge is -2.03. The van der Waals surface area contributed by atoms with E-state index in [9.17, 15) is 4.79 Å². The maximum atomic E-state index is 12.4. The normalized spacial score (nSPS) is 10.7. The molecule has 4 aromatic rings. The fourth-order valence-corrected chi connectivity index (χ4v) is 2.46. The first kappa shape index (κ1) is 15.8. The molecule has 0 aliphatic carbocycles. The van der Waals surface area contributed by atoms with Crippen LogP contribution in [0.1, 0.15) is 16.1 Å². The molecule has 0 saturated heterocycles. The van der Waals surface area contributed by atoms with Gasteiger partial charge in [0.25, 0.3) is 5.91 Å². The van der Waals surface area contributed by atoms with E-state index in [0.29, 0.717) is 22.8 Å². The Hall–Kier alpha value is -3.74. The minimum absolute atomic E-state index is 0.128. The summed E-state index contributed by atoms with van der Waals surface area (Å²) in [6.45, 7) is 2.01. The molecule has 0 radical (unpaired) electrons. The zero-order valence-corrected chi connectivity index (χ0v) is 13.8. The van der Waals surface area contributed by atoms with Gasteiger partial charge in [0.2, 0.25) is 18.0 Å². The number of rotatable bonds is 4. The highest BCUT2D eigenvalue weighted by atomic mass is 16.5. The zero-order valence-electron chi connectivity index (χ0n) is 13.8. The van der Waals surface area contributed by atoms with Gasteiger partial charge in [-0.15, -0.1) is 10.2 Å². The van der Waals surface area contributed by atoms with Crippen molar-refractivity contribution in [2.45, 2.75) is 6.92 Å². The van der Waals surface area contributed by atoms with Gasteiger partial charge in [0.15, 0.2) is 0 Å². The molecule has 2 aromatic heterocycles. The summed E-state index contributed by atoms with van der Waals surface area (Å²) in [6, 6.07) is 16.5. The number of carbonyl (C=O) groups excluding carboxylic acids is 1. The SMILES string of the molecule is Cc1ccc(-c2cc(C(=O)Nc3cccc(-c4nnco4)c3)on2)cc1. The first-order chi connectivity index (χ1) is 12.7. The molecule has 2 heterocycles. The summed E-state index contributed by atoms with van der Waals surface area (Å²) < 4.78 is 10.3. The second kappa shape index (κ2) is 6.64. The smallest absolute Gasteiger partial charge is 0.294 e. The van der Waals surface area contributed by atoms with Gasteiger partial charge in [-0.1, -0.05) is 41.1 Å². The molecule has 4 rings (SSSR count). The van der Waals surface area contributed by atoms with Gasteiger partial charge in [-0.25, -0.2) is 0 Å². The molecule has 1 N–H and O–H groups in total. The molecule has 0 fully saturated rings. The average molecular weight is 346 g/mol. The number of nitrogens with zero attached hydrogens (tertiary/aromatic N) is 3. The molecule has 0 aliphatic rings. The first-order valence-corrected chi connectivity index (χ1v) is 7.91. The number of benzene rings is 2. The molecule has 2 aromatic carbocycles. The lowest BCUT2D eigenvalue weighted by atomic mass is 10.1. The highest BCUT2D eigenvalue weighted by Crippen LogP contribution is 2.22. The molecule has 0 aliphatic heterocycles. The van der Waals surface area contributed by atoms with E-state index in [0.717, 1.165) is 11.1 Å². The molecular weight excluding hydrogens is 332 g/mol. The van der Waals surface area contributed by atoms with Crippen molar-refractivity contribution >= 4 is 11.6 Å². The first-order valence-electron chi connectivity index (χ1n) is 7.91. The molecule has 7 heteroatoms. The fourth-order valence-electron chi connectivity index (χ4n) is 2.46. The number of anilines is 1. The van der Waals surface area contributed by atoms with Gasteiger partial charge < -0.3 is 14.3 Å². The number of aromatic nitrogens is 3. The summed E-state index contributed by atoms with van der Waals surface area (Å²) in [6.07, 6.45) is 1.25. The number of hydrogen-bond donors (Lipinski definition) is 1. The summed E-state index contributed by atoms with van der Waals surface area (Å²) in [4.78, 5) is 12.4. The second-order valence-electron chi connectivity index (χ2n) is 5.72. The Morgan fingerprint density at radius 1 is 1.04 bits per heavy atom. The van der Waals surface area contributed by atoms with Gasteiger partial charge >= 0.3 is 0 Å². The predicted octanol–water partition coefficient (Wildman–Crippen LogP) is 3.95. The number of aryl methyl sites for hydroxylation is 1. The lowest BCUT2D eigenvalue weighted by molar-refractivity contribution is 0.0988. The third-order valence-electron chi connectivity index (χ3n) is 3.81. The van der Waals surface area contributed by atoms with Crippen molar-refractivity contribution in [3.05, 3.63) is 72.3 Å². The van der Waals surface area contributed by atoms with Crippen LogP contribution in [-0.2, 0) is 0 Å². The minimum Gasteiger partial charge on any atom is -0.423 e. The summed E-state index contributed by atoms with van der Waals surface area (Å²) in [5.74, 6) is 0.115. The largest absolute Gasteiger partial charge is 0.423 e. The van der Waals surface area contributed by atoms with E-state index < -0.39 is 5.91 Å². The molecule has 0 atom stereocenters. The van der Waals surface area contributed by atoms with Crippen molar-refractivity contribution in [1.29, 1.82) is 0 Å². The third-order valence-corrected chi connectivity index (χ3v) is 3.81. The third kappa shape index (κ3) is 3.23. The van der Waals surface area contributed by atoms with Crippen molar-refractivity contribution in [2.24, 2.45) is 0 Å². The Bertz CT molecular complexity index is 1040. The van der Waals surface area contributed by atoms with Crippen LogP contribution < -0.4 is 5.32 Å². The maximum absolute atomic E-state index is 12.4. The van der Waals surface area contributed by atoms with Gasteiger partial charge in [-0.05, 0) is 25.1 Å². The molecule has 128 valence electrons. The van der Waals surface area contributed by atoms with Crippen molar-refractivity contribution in [2.75, 3.05) is 5.32 Å². The molecule has 0 spiro atoms. The van der Waals surface area contributed by atoms with E-state index in [4.69, 9.17) is 8.94 Å². The molecule has 0 saturated carbocycles. The van der Waals surface area contributed by atoms with Crippen LogP contribution in [0, 0.1) is 6.92 Å².